The van der Waals surface area contributed by atoms with Crippen LogP contribution in [-0.2, 0) is 0 Å². The lowest BCUT2D eigenvalue weighted by Gasteiger charge is -2.15. The minimum Gasteiger partial charge on any atom is -0.366 e. The number of hydrogen-bond acceptors (Lipinski definition) is 4. The van der Waals surface area contributed by atoms with Gasteiger partial charge in [-0.1, -0.05) is 60.1 Å². The number of aryl methyl sites for hydroxylation is 2. The molecule has 6 nitrogen and oxygen atoms in total. The van der Waals surface area contributed by atoms with Gasteiger partial charge in [-0.25, -0.2) is 4.98 Å². The van der Waals surface area contributed by atoms with Crippen LogP contribution in [0.1, 0.15) is 32.0 Å². The van der Waals surface area contributed by atoms with Crippen molar-refractivity contribution in [2.75, 3.05) is 0 Å². The summed E-state index contributed by atoms with van der Waals surface area (Å²) in [4.78, 5) is 33.3. The van der Waals surface area contributed by atoms with Crippen molar-refractivity contribution in [2.24, 2.45) is 11.5 Å². The van der Waals surface area contributed by atoms with Crippen molar-refractivity contribution >= 4 is 23.4 Å². The van der Waals surface area contributed by atoms with Crippen molar-refractivity contribution in [3.8, 4) is 33.6 Å². The Hall–Kier alpha value is -4.03. The van der Waals surface area contributed by atoms with E-state index in [1.54, 1.807) is 12.1 Å². The zero-order chi connectivity index (χ0) is 23.7. The summed E-state index contributed by atoms with van der Waals surface area (Å²) >= 11 is 6.63. The Kier molecular flexibility index (Phi) is 5.94. The number of rotatable bonds is 5. The normalized spacial score (nSPS) is 10.8. The van der Waals surface area contributed by atoms with Gasteiger partial charge in [0.25, 0.3) is 11.8 Å². The second-order valence-electron chi connectivity index (χ2n) is 7.69. The van der Waals surface area contributed by atoms with E-state index in [-0.39, 0.29) is 17.0 Å². The van der Waals surface area contributed by atoms with Crippen molar-refractivity contribution < 1.29 is 9.59 Å². The van der Waals surface area contributed by atoms with Gasteiger partial charge in [-0.3, -0.25) is 14.6 Å². The molecule has 0 saturated carbocycles. The van der Waals surface area contributed by atoms with Crippen LogP contribution in [0.5, 0.6) is 0 Å². The highest BCUT2D eigenvalue weighted by molar-refractivity contribution is 6.33. The van der Waals surface area contributed by atoms with Crippen molar-refractivity contribution in [3.63, 3.8) is 0 Å². The van der Waals surface area contributed by atoms with E-state index in [1.165, 1.54) is 6.20 Å². The molecule has 4 N–H and O–H groups in total. The quantitative estimate of drug-likeness (QED) is 0.442. The molecule has 0 fully saturated rings. The van der Waals surface area contributed by atoms with Crippen LogP contribution in [0.2, 0.25) is 5.02 Å². The summed E-state index contributed by atoms with van der Waals surface area (Å²) in [6, 6.07) is 18.6. The molecule has 2 heterocycles. The maximum atomic E-state index is 12.3. The molecular formula is C26H21ClN4O2. The lowest BCUT2D eigenvalue weighted by molar-refractivity contribution is 0.0990. The lowest BCUT2D eigenvalue weighted by atomic mass is 9.95. The van der Waals surface area contributed by atoms with Crippen LogP contribution in [0, 0.1) is 13.8 Å². The number of halogens is 1. The molecule has 0 atom stereocenters. The molecule has 0 aliphatic heterocycles. The van der Waals surface area contributed by atoms with E-state index in [2.05, 4.69) is 9.97 Å². The first-order valence-electron chi connectivity index (χ1n) is 10.2. The van der Waals surface area contributed by atoms with E-state index in [4.69, 9.17) is 23.1 Å². The Morgan fingerprint density at radius 1 is 0.788 bits per heavy atom. The third-order valence-electron chi connectivity index (χ3n) is 5.49. The molecule has 0 aliphatic rings. The number of benzene rings is 2. The Morgan fingerprint density at radius 3 is 1.91 bits per heavy atom. The van der Waals surface area contributed by atoms with Crippen LogP contribution in [0.25, 0.3) is 33.6 Å². The zero-order valence-corrected chi connectivity index (χ0v) is 18.9. The number of nitrogens with two attached hydrogens (primary N) is 2. The summed E-state index contributed by atoms with van der Waals surface area (Å²) in [5.41, 5.74) is 17.0. The molecule has 0 unspecified atom stereocenters. The molecule has 2 amide bonds. The first-order chi connectivity index (χ1) is 15.8. The topological polar surface area (TPSA) is 112 Å². The van der Waals surface area contributed by atoms with Crippen molar-refractivity contribution in [1.29, 1.82) is 0 Å². The average Bonchev–Trinajstić information content (AvgIpc) is 2.79. The third kappa shape index (κ3) is 4.21. The SMILES string of the molecule is Cc1ccccc1-c1cc(-c2nc(C(N)=O)c(-c3ccccc3C)cc2Cl)ncc1C(N)=O. The number of carbonyl (C=O) groups is 2. The Balaban J connectivity index is 1.95. The summed E-state index contributed by atoms with van der Waals surface area (Å²) in [7, 11) is 0. The van der Waals surface area contributed by atoms with E-state index in [0.717, 1.165) is 22.3 Å². The van der Waals surface area contributed by atoms with Gasteiger partial charge in [0.05, 0.1) is 16.3 Å². The van der Waals surface area contributed by atoms with Gasteiger partial charge in [-0.05, 0) is 53.8 Å². The Morgan fingerprint density at radius 2 is 1.36 bits per heavy atom. The summed E-state index contributed by atoms with van der Waals surface area (Å²) in [6.07, 6.45) is 1.40. The van der Waals surface area contributed by atoms with E-state index in [9.17, 15) is 9.59 Å². The van der Waals surface area contributed by atoms with Crippen LogP contribution in [-0.4, -0.2) is 21.8 Å². The summed E-state index contributed by atoms with van der Waals surface area (Å²) in [5.74, 6) is -1.28. The van der Waals surface area contributed by atoms with Gasteiger partial charge in [0, 0.05) is 11.8 Å². The lowest BCUT2D eigenvalue weighted by Crippen LogP contribution is -2.16. The second kappa shape index (κ2) is 8.84. The smallest absolute Gasteiger partial charge is 0.267 e. The monoisotopic (exact) mass is 456 g/mol. The van der Waals surface area contributed by atoms with Gasteiger partial charge >= 0.3 is 0 Å². The molecular weight excluding hydrogens is 436 g/mol. The predicted octanol–water partition coefficient (Wildman–Crippen LogP) is 4.95. The molecule has 0 bridgehead atoms. The van der Waals surface area contributed by atoms with Gasteiger partial charge in [0.2, 0.25) is 0 Å². The molecule has 0 saturated heterocycles. The predicted molar refractivity (Wildman–Crippen MR) is 130 cm³/mol. The number of pyridine rings is 2. The van der Waals surface area contributed by atoms with E-state index in [1.807, 2.05) is 62.4 Å². The average molecular weight is 457 g/mol. The molecule has 0 spiro atoms. The standard InChI is InChI=1S/C26H21ClN4O2/c1-14-7-3-5-9-16(14)18-12-22(30-13-20(18)25(28)32)24-21(27)11-19(23(31-24)26(29)33)17-10-6-4-8-15(17)2/h3-13H,1-2H3,(H2,28,32)(H2,29,33). The number of aromatic nitrogens is 2. The van der Waals surface area contributed by atoms with E-state index < -0.39 is 11.8 Å². The maximum absolute atomic E-state index is 12.3. The number of carbonyl (C=O) groups excluding carboxylic acids is 2. The molecule has 164 valence electrons. The molecule has 4 rings (SSSR count). The van der Waals surface area contributed by atoms with Crippen molar-refractivity contribution in [3.05, 3.63) is 94.3 Å². The number of nitrogens with zero attached hydrogens (tertiary/aromatic N) is 2. The highest BCUT2D eigenvalue weighted by Crippen LogP contribution is 2.35. The first-order valence-corrected chi connectivity index (χ1v) is 10.6. The fourth-order valence-electron chi connectivity index (χ4n) is 3.82. The third-order valence-corrected chi connectivity index (χ3v) is 5.78. The number of amides is 2. The van der Waals surface area contributed by atoms with Gasteiger partial charge < -0.3 is 11.5 Å². The molecule has 7 heteroatoms. The van der Waals surface area contributed by atoms with Crippen LogP contribution in [0.15, 0.2) is 66.9 Å². The molecule has 4 aromatic rings. The summed E-state index contributed by atoms with van der Waals surface area (Å²) < 4.78 is 0. The van der Waals surface area contributed by atoms with Crippen LogP contribution >= 0.6 is 11.6 Å². The molecule has 2 aromatic carbocycles. The minimum absolute atomic E-state index is 0.0851. The zero-order valence-electron chi connectivity index (χ0n) is 18.1. The highest BCUT2D eigenvalue weighted by Gasteiger charge is 2.21. The van der Waals surface area contributed by atoms with Crippen LogP contribution in [0.3, 0.4) is 0 Å². The fourth-order valence-corrected chi connectivity index (χ4v) is 4.06. The summed E-state index contributed by atoms with van der Waals surface area (Å²) in [5, 5.41) is 0.299. The number of primary amides is 2. The van der Waals surface area contributed by atoms with E-state index in [0.29, 0.717) is 21.8 Å². The second-order valence-corrected chi connectivity index (χ2v) is 8.10. The Bertz CT molecular complexity index is 1420. The molecule has 0 radical (unpaired) electrons. The van der Waals surface area contributed by atoms with Crippen LogP contribution < -0.4 is 11.5 Å². The summed E-state index contributed by atoms with van der Waals surface area (Å²) in [6.45, 7) is 3.87. The Labute approximate surface area is 196 Å². The molecule has 0 aliphatic carbocycles. The number of hydrogen-bond donors (Lipinski definition) is 2. The highest BCUT2D eigenvalue weighted by atomic mass is 35.5. The fraction of sp³-hybridized carbons (Fsp3) is 0.0769. The molecule has 2 aromatic heterocycles. The van der Waals surface area contributed by atoms with Gasteiger partial charge in [-0.2, -0.15) is 0 Å². The van der Waals surface area contributed by atoms with Gasteiger partial charge in [-0.15, -0.1) is 0 Å². The van der Waals surface area contributed by atoms with Crippen molar-refractivity contribution in [2.45, 2.75) is 13.8 Å². The van der Waals surface area contributed by atoms with Gasteiger partial charge in [0.1, 0.15) is 11.4 Å². The van der Waals surface area contributed by atoms with Crippen LogP contribution in [0.4, 0.5) is 0 Å². The first kappa shape index (κ1) is 22.2. The minimum atomic E-state index is -0.681. The van der Waals surface area contributed by atoms with E-state index >= 15 is 0 Å². The molecule has 33 heavy (non-hydrogen) atoms. The van der Waals surface area contributed by atoms with Crippen molar-refractivity contribution in [1.82, 2.24) is 9.97 Å². The largest absolute Gasteiger partial charge is 0.366 e. The maximum Gasteiger partial charge on any atom is 0.267 e. The van der Waals surface area contributed by atoms with Gasteiger partial charge in [0.15, 0.2) is 0 Å².